The minimum atomic E-state index is 0.516. The van der Waals surface area contributed by atoms with Crippen molar-refractivity contribution in [3.05, 3.63) is 34.6 Å². The second kappa shape index (κ2) is 5.97. The summed E-state index contributed by atoms with van der Waals surface area (Å²) in [7, 11) is 1.68. The maximum Gasteiger partial charge on any atom is 0.133 e. The monoisotopic (exact) mass is 335 g/mol. The van der Waals surface area contributed by atoms with Gasteiger partial charge in [-0.15, -0.1) is 0 Å². The zero-order valence-corrected chi connectivity index (χ0v) is 13.0. The summed E-state index contributed by atoms with van der Waals surface area (Å²) in [5, 5.41) is 10.9. The van der Waals surface area contributed by atoms with Gasteiger partial charge in [0.15, 0.2) is 0 Å². The van der Waals surface area contributed by atoms with Gasteiger partial charge in [-0.25, -0.2) is 0 Å². The molecular formula is C15H18BrN3O. The first kappa shape index (κ1) is 13.6. The van der Waals surface area contributed by atoms with Gasteiger partial charge in [-0.2, -0.15) is 5.10 Å². The molecule has 4 nitrogen and oxygen atoms in total. The lowest BCUT2D eigenvalue weighted by Gasteiger charge is -2.22. The third-order valence-corrected chi connectivity index (χ3v) is 4.46. The number of benzene rings is 1. The number of ether oxygens (including phenoxy) is 1. The third-order valence-electron chi connectivity index (χ3n) is 3.84. The van der Waals surface area contributed by atoms with E-state index >= 15 is 0 Å². The summed E-state index contributed by atoms with van der Waals surface area (Å²) in [6.45, 7) is 2.14. The summed E-state index contributed by atoms with van der Waals surface area (Å²) in [5.74, 6) is 1.36. The van der Waals surface area contributed by atoms with Gasteiger partial charge in [-0.05, 0) is 53.0 Å². The highest BCUT2D eigenvalue weighted by molar-refractivity contribution is 9.10. The summed E-state index contributed by atoms with van der Waals surface area (Å²) < 4.78 is 6.25. The van der Waals surface area contributed by atoms with Crippen molar-refractivity contribution in [2.75, 3.05) is 20.2 Å². The summed E-state index contributed by atoms with van der Waals surface area (Å²) in [4.78, 5) is 0. The number of nitrogens with zero attached hydrogens (tertiary/aromatic N) is 1. The van der Waals surface area contributed by atoms with Gasteiger partial charge in [0.05, 0.1) is 17.8 Å². The maximum absolute atomic E-state index is 5.28. The number of aromatic amines is 1. The number of halogens is 1. The molecule has 1 aliphatic rings. The average molecular weight is 336 g/mol. The zero-order valence-electron chi connectivity index (χ0n) is 11.4. The molecule has 1 atom stereocenters. The smallest absolute Gasteiger partial charge is 0.133 e. The summed E-state index contributed by atoms with van der Waals surface area (Å²) >= 11 is 3.55. The first-order valence-corrected chi connectivity index (χ1v) is 7.67. The van der Waals surface area contributed by atoms with Crippen LogP contribution in [-0.2, 0) is 0 Å². The molecule has 1 aromatic heterocycles. The molecule has 1 fully saturated rings. The van der Waals surface area contributed by atoms with E-state index in [-0.39, 0.29) is 0 Å². The summed E-state index contributed by atoms with van der Waals surface area (Å²) in [6, 6.07) is 6.15. The van der Waals surface area contributed by atoms with Crippen LogP contribution in [0.4, 0.5) is 0 Å². The van der Waals surface area contributed by atoms with Gasteiger partial charge in [0.1, 0.15) is 5.75 Å². The number of nitrogens with one attached hydrogen (secondary N) is 2. The van der Waals surface area contributed by atoms with Crippen LogP contribution in [0, 0.1) is 0 Å². The van der Waals surface area contributed by atoms with Crippen LogP contribution in [0.15, 0.2) is 28.9 Å². The van der Waals surface area contributed by atoms with E-state index in [1.54, 1.807) is 7.11 Å². The predicted molar refractivity (Wildman–Crippen MR) is 83.1 cm³/mol. The number of aromatic nitrogens is 2. The third kappa shape index (κ3) is 2.60. The molecule has 2 aromatic rings. The first-order chi connectivity index (χ1) is 9.79. The number of H-pyrrole nitrogens is 1. The molecule has 5 heteroatoms. The highest BCUT2D eigenvalue weighted by Crippen LogP contribution is 2.35. The van der Waals surface area contributed by atoms with Crippen LogP contribution in [0.2, 0.25) is 0 Å². The molecule has 0 spiro atoms. The van der Waals surface area contributed by atoms with Gasteiger partial charge in [0, 0.05) is 23.7 Å². The minimum absolute atomic E-state index is 0.516. The van der Waals surface area contributed by atoms with Crippen LogP contribution in [0.1, 0.15) is 24.5 Å². The number of rotatable bonds is 3. The highest BCUT2D eigenvalue weighted by Gasteiger charge is 2.21. The van der Waals surface area contributed by atoms with Crippen LogP contribution in [0.5, 0.6) is 5.75 Å². The lowest BCUT2D eigenvalue weighted by atomic mass is 9.91. The molecule has 1 saturated heterocycles. The van der Waals surface area contributed by atoms with Gasteiger partial charge < -0.3 is 10.1 Å². The molecule has 1 aliphatic heterocycles. The molecule has 106 valence electrons. The fourth-order valence-electron chi connectivity index (χ4n) is 2.77. The lowest BCUT2D eigenvalue weighted by Crippen LogP contribution is -2.28. The molecular weight excluding hydrogens is 318 g/mol. The molecule has 0 saturated carbocycles. The minimum Gasteiger partial charge on any atom is -0.496 e. The maximum atomic E-state index is 5.28. The van der Waals surface area contributed by atoms with Crippen molar-refractivity contribution in [2.45, 2.75) is 18.8 Å². The van der Waals surface area contributed by atoms with Crippen molar-refractivity contribution in [3.8, 4) is 16.9 Å². The van der Waals surface area contributed by atoms with Crippen molar-refractivity contribution >= 4 is 15.9 Å². The quantitative estimate of drug-likeness (QED) is 0.904. The van der Waals surface area contributed by atoms with Crippen molar-refractivity contribution in [1.29, 1.82) is 0 Å². The molecule has 0 amide bonds. The Labute approximate surface area is 127 Å². The number of piperidine rings is 1. The molecule has 2 N–H and O–H groups in total. The standard InChI is InChI=1S/C15H18BrN3O/c1-20-14-5-4-10(7-13(14)16)12-9-18-19-15(12)11-3-2-6-17-8-11/h4-5,7,9,11,17H,2-3,6,8H2,1H3,(H,18,19). The largest absolute Gasteiger partial charge is 0.496 e. The Balaban J connectivity index is 1.94. The zero-order chi connectivity index (χ0) is 13.9. The van der Waals surface area contributed by atoms with E-state index < -0.39 is 0 Å². The van der Waals surface area contributed by atoms with E-state index in [0.717, 1.165) is 28.9 Å². The molecule has 1 unspecified atom stereocenters. The molecule has 0 aliphatic carbocycles. The lowest BCUT2D eigenvalue weighted by molar-refractivity contribution is 0.412. The Morgan fingerprint density at radius 1 is 1.40 bits per heavy atom. The fraction of sp³-hybridized carbons (Fsp3) is 0.400. The molecule has 0 bridgehead atoms. The van der Waals surface area contributed by atoms with Crippen LogP contribution in [0.3, 0.4) is 0 Å². The van der Waals surface area contributed by atoms with E-state index in [4.69, 9.17) is 4.74 Å². The number of methoxy groups -OCH3 is 1. The fourth-order valence-corrected chi connectivity index (χ4v) is 3.31. The van der Waals surface area contributed by atoms with Crippen LogP contribution < -0.4 is 10.1 Å². The van der Waals surface area contributed by atoms with E-state index in [1.807, 2.05) is 12.3 Å². The van der Waals surface area contributed by atoms with E-state index in [9.17, 15) is 0 Å². The molecule has 20 heavy (non-hydrogen) atoms. The van der Waals surface area contributed by atoms with Gasteiger partial charge in [-0.3, -0.25) is 5.10 Å². The van der Waals surface area contributed by atoms with Crippen molar-refractivity contribution in [1.82, 2.24) is 15.5 Å². The predicted octanol–water partition coefficient (Wildman–Crippen LogP) is 3.31. The SMILES string of the molecule is COc1ccc(-c2cn[nH]c2C2CCCNC2)cc1Br. The van der Waals surface area contributed by atoms with Crippen LogP contribution in [-0.4, -0.2) is 30.4 Å². The Kier molecular flexibility index (Phi) is 4.08. The van der Waals surface area contributed by atoms with Crippen LogP contribution >= 0.6 is 15.9 Å². The Hall–Kier alpha value is -1.33. The van der Waals surface area contributed by atoms with Gasteiger partial charge in [0.25, 0.3) is 0 Å². The normalized spacial score (nSPS) is 19.0. The van der Waals surface area contributed by atoms with E-state index in [2.05, 4.69) is 43.6 Å². The molecule has 1 aromatic carbocycles. The Bertz CT molecular complexity index is 591. The van der Waals surface area contributed by atoms with Crippen LogP contribution in [0.25, 0.3) is 11.1 Å². The highest BCUT2D eigenvalue weighted by atomic mass is 79.9. The Morgan fingerprint density at radius 3 is 3.00 bits per heavy atom. The topological polar surface area (TPSA) is 49.9 Å². The second-order valence-electron chi connectivity index (χ2n) is 5.09. The van der Waals surface area contributed by atoms with Gasteiger partial charge >= 0.3 is 0 Å². The first-order valence-electron chi connectivity index (χ1n) is 6.87. The molecule has 3 rings (SSSR count). The van der Waals surface area contributed by atoms with Crippen molar-refractivity contribution < 1.29 is 4.74 Å². The second-order valence-corrected chi connectivity index (χ2v) is 5.94. The van der Waals surface area contributed by atoms with Gasteiger partial charge in [-0.1, -0.05) is 6.07 Å². The summed E-state index contributed by atoms with van der Waals surface area (Å²) in [6.07, 6.45) is 4.34. The number of hydrogen-bond acceptors (Lipinski definition) is 3. The molecule has 0 radical (unpaired) electrons. The average Bonchev–Trinajstić information content (AvgIpc) is 2.97. The van der Waals surface area contributed by atoms with Crippen molar-refractivity contribution in [3.63, 3.8) is 0 Å². The van der Waals surface area contributed by atoms with Gasteiger partial charge in [0.2, 0.25) is 0 Å². The van der Waals surface area contributed by atoms with E-state index in [1.165, 1.54) is 24.1 Å². The Morgan fingerprint density at radius 2 is 2.30 bits per heavy atom. The summed E-state index contributed by atoms with van der Waals surface area (Å²) in [5.41, 5.74) is 3.57. The number of hydrogen-bond donors (Lipinski definition) is 2. The molecule has 2 heterocycles. The van der Waals surface area contributed by atoms with E-state index in [0.29, 0.717) is 5.92 Å². The van der Waals surface area contributed by atoms with Crippen molar-refractivity contribution in [2.24, 2.45) is 0 Å².